The van der Waals surface area contributed by atoms with Gasteiger partial charge in [0.25, 0.3) is 0 Å². The maximum Gasteiger partial charge on any atom is 0.205 e. The first-order valence-electron chi connectivity index (χ1n) is 7.80. The summed E-state index contributed by atoms with van der Waals surface area (Å²) in [4.78, 5) is 0.603. The summed E-state index contributed by atoms with van der Waals surface area (Å²) in [5, 5.41) is 0. The van der Waals surface area contributed by atoms with Crippen LogP contribution in [0.1, 0.15) is 23.7 Å². The fourth-order valence-corrected chi connectivity index (χ4v) is 4.31. The average Bonchev–Trinajstić information content (AvgIpc) is 2.62. The molecule has 2 aromatic rings. The number of hydrogen-bond acceptors (Lipinski definition) is 4. The van der Waals surface area contributed by atoms with Crippen molar-refractivity contribution in [2.45, 2.75) is 24.3 Å². The number of benzene rings is 2. The Hall–Kier alpha value is -2.11. The van der Waals surface area contributed by atoms with Crippen molar-refractivity contribution < 1.29 is 17.9 Å². The van der Waals surface area contributed by atoms with Crippen molar-refractivity contribution in [3.63, 3.8) is 0 Å². The minimum Gasteiger partial charge on any atom is -0.497 e. The zero-order valence-corrected chi connectivity index (χ0v) is 14.5. The largest absolute Gasteiger partial charge is 0.497 e. The van der Waals surface area contributed by atoms with Gasteiger partial charge in [0.2, 0.25) is 9.84 Å². The predicted molar refractivity (Wildman–Crippen MR) is 92.8 cm³/mol. The van der Waals surface area contributed by atoms with Gasteiger partial charge in [-0.25, -0.2) is 8.42 Å². The van der Waals surface area contributed by atoms with Crippen molar-refractivity contribution in [1.82, 2.24) is 0 Å². The van der Waals surface area contributed by atoms with Crippen molar-refractivity contribution in [3.8, 4) is 5.75 Å². The van der Waals surface area contributed by atoms with E-state index in [1.807, 2.05) is 31.2 Å². The van der Waals surface area contributed by atoms with Gasteiger partial charge in [-0.2, -0.15) is 0 Å². The number of rotatable bonds is 4. The van der Waals surface area contributed by atoms with Crippen molar-refractivity contribution in [2.75, 3.05) is 13.7 Å². The molecule has 2 aromatic carbocycles. The van der Waals surface area contributed by atoms with Crippen LogP contribution in [0.25, 0.3) is 0 Å². The summed E-state index contributed by atoms with van der Waals surface area (Å²) in [7, 11) is -1.99. The van der Waals surface area contributed by atoms with Crippen LogP contribution in [-0.4, -0.2) is 22.1 Å². The Kier molecular flexibility index (Phi) is 4.73. The van der Waals surface area contributed by atoms with E-state index in [1.165, 1.54) is 0 Å². The molecular weight excluding hydrogens is 324 g/mol. The second-order valence-electron chi connectivity index (χ2n) is 5.74. The third kappa shape index (κ3) is 3.23. The Labute approximate surface area is 142 Å². The van der Waals surface area contributed by atoms with Crippen LogP contribution >= 0.6 is 0 Å². The summed E-state index contributed by atoms with van der Waals surface area (Å²) in [6, 6.07) is 14.2. The third-order valence-electron chi connectivity index (χ3n) is 4.07. The summed E-state index contributed by atoms with van der Waals surface area (Å²) in [6.45, 7) is 2.43. The van der Waals surface area contributed by atoms with Gasteiger partial charge in [-0.3, -0.25) is 0 Å². The number of methoxy groups -OCH3 is 1. The fourth-order valence-electron chi connectivity index (χ4n) is 2.72. The Morgan fingerprint density at radius 2 is 1.71 bits per heavy atom. The van der Waals surface area contributed by atoms with Gasteiger partial charge in [-0.15, -0.1) is 0 Å². The van der Waals surface area contributed by atoms with Crippen LogP contribution in [0.15, 0.2) is 64.4 Å². The van der Waals surface area contributed by atoms with E-state index in [0.717, 1.165) is 16.9 Å². The molecule has 0 amide bonds. The Bertz CT molecular complexity index is 834. The highest BCUT2D eigenvalue weighted by Crippen LogP contribution is 2.36. The molecule has 1 aliphatic rings. The van der Waals surface area contributed by atoms with Gasteiger partial charge in [0.15, 0.2) is 0 Å². The van der Waals surface area contributed by atoms with E-state index in [0.29, 0.717) is 22.8 Å². The van der Waals surface area contributed by atoms with Gasteiger partial charge >= 0.3 is 0 Å². The number of aryl methyl sites for hydroxylation is 1. The van der Waals surface area contributed by atoms with E-state index < -0.39 is 15.9 Å². The molecule has 0 spiro atoms. The Morgan fingerprint density at radius 3 is 2.33 bits per heavy atom. The lowest BCUT2D eigenvalue weighted by Gasteiger charge is -2.25. The second kappa shape index (κ2) is 6.79. The molecule has 5 heteroatoms. The highest BCUT2D eigenvalue weighted by atomic mass is 32.2. The molecule has 4 nitrogen and oxygen atoms in total. The van der Waals surface area contributed by atoms with Gasteiger partial charge in [0.1, 0.15) is 11.9 Å². The molecule has 1 heterocycles. The topological polar surface area (TPSA) is 52.6 Å². The second-order valence-corrected chi connectivity index (χ2v) is 7.69. The summed E-state index contributed by atoms with van der Waals surface area (Å²) >= 11 is 0. The summed E-state index contributed by atoms with van der Waals surface area (Å²) in [6.07, 6.45) is 1.77. The van der Waals surface area contributed by atoms with Crippen molar-refractivity contribution in [3.05, 3.63) is 70.6 Å². The van der Waals surface area contributed by atoms with Crippen LogP contribution in [0, 0.1) is 6.92 Å². The lowest BCUT2D eigenvalue weighted by Crippen LogP contribution is -2.19. The summed E-state index contributed by atoms with van der Waals surface area (Å²) < 4.78 is 37.0. The van der Waals surface area contributed by atoms with E-state index in [9.17, 15) is 8.42 Å². The lowest BCUT2D eigenvalue weighted by molar-refractivity contribution is 0.0762. The lowest BCUT2D eigenvalue weighted by atomic mass is 10.1. The molecular formula is C19H20O4S. The molecule has 0 aromatic heterocycles. The molecule has 0 aliphatic carbocycles. The number of hydrogen-bond donors (Lipinski definition) is 0. The molecule has 0 radical (unpaired) electrons. The highest BCUT2D eigenvalue weighted by Gasteiger charge is 2.31. The van der Waals surface area contributed by atoms with Crippen LogP contribution in [0.2, 0.25) is 0 Å². The summed E-state index contributed by atoms with van der Waals surface area (Å²) in [5.74, 6) is 0.724. The molecule has 0 bridgehead atoms. The first-order valence-corrected chi connectivity index (χ1v) is 9.28. The minimum absolute atomic E-state index is 0.295. The van der Waals surface area contributed by atoms with Gasteiger partial charge in [0, 0.05) is 0 Å². The third-order valence-corrected chi connectivity index (χ3v) is 5.96. The molecule has 24 heavy (non-hydrogen) atoms. The zero-order chi connectivity index (χ0) is 17.2. The first-order chi connectivity index (χ1) is 11.5. The van der Waals surface area contributed by atoms with E-state index in [4.69, 9.17) is 9.47 Å². The van der Waals surface area contributed by atoms with Gasteiger partial charge in [0.05, 0.1) is 23.5 Å². The van der Waals surface area contributed by atoms with E-state index in [1.54, 1.807) is 37.5 Å². The minimum atomic E-state index is -3.59. The van der Waals surface area contributed by atoms with Crippen molar-refractivity contribution in [2.24, 2.45) is 0 Å². The molecule has 0 saturated heterocycles. The molecule has 0 fully saturated rings. The molecule has 126 valence electrons. The van der Waals surface area contributed by atoms with Crippen molar-refractivity contribution in [1.29, 1.82) is 0 Å². The Balaban J connectivity index is 1.99. The van der Waals surface area contributed by atoms with E-state index >= 15 is 0 Å². The van der Waals surface area contributed by atoms with Crippen LogP contribution in [0.3, 0.4) is 0 Å². The number of ether oxygens (including phenoxy) is 2. The molecule has 1 unspecified atom stereocenters. The monoisotopic (exact) mass is 344 g/mol. The maximum absolute atomic E-state index is 13.0. The SMILES string of the molecule is COc1ccc(C2OCCC=C2S(=O)(=O)c2ccc(C)cc2)cc1. The van der Waals surface area contributed by atoms with Gasteiger partial charge < -0.3 is 9.47 Å². The van der Waals surface area contributed by atoms with Crippen LogP contribution in [0.5, 0.6) is 5.75 Å². The Morgan fingerprint density at radius 1 is 1.04 bits per heavy atom. The molecule has 1 atom stereocenters. The van der Waals surface area contributed by atoms with Gasteiger partial charge in [-0.1, -0.05) is 35.9 Å². The van der Waals surface area contributed by atoms with E-state index in [-0.39, 0.29) is 0 Å². The molecule has 1 aliphatic heterocycles. The summed E-state index contributed by atoms with van der Waals surface area (Å²) in [5.41, 5.74) is 1.83. The number of sulfone groups is 1. The smallest absolute Gasteiger partial charge is 0.205 e. The van der Waals surface area contributed by atoms with Crippen LogP contribution in [-0.2, 0) is 14.6 Å². The van der Waals surface area contributed by atoms with Crippen LogP contribution < -0.4 is 4.74 Å². The predicted octanol–water partition coefficient (Wildman–Crippen LogP) is 3.82. The fraction of sp³-hybridized carbons (Fsp3) is 0.263. The zero-order valence-electron chi connectivity index (χ0n) is 13.7. The quantitative estimate of drug-likeness (QED) is 0.846. The van der Waals surface area contributed by atoms with Crippen molar-refractivity contribution >= 4 is 9.84 Å². The molecule has 0 N–H and O–H groups in total. The highest BCUT2D eigenvalue weighted by molar-refractivity contribution is 7.95. The average molecular weight is 344 g/mol. The van der Waals surface area contributed by atoms with Gasteiger partial charge in [-0.05, 0) is 43.2 Å². The van der Waals surface area contributed by atoms with E-state index in [2.05, 4.69) is 0 Å². The normalized spacial score (nSPS) is 18.1. The molecule has 0 saturated carbocycles. The standard InChI is InChI=1S/C19H20O4S/c1-14-5-11-17(12-6-14)24(20,21)18-4-3-13-23-19(18)15-7-9-16(22-2)10-8-15/h4-12,19H,3,13H2,1-2H3. The molecule has 3 rings (SSSR count). The van der Waals surface area contributed by atoms with Crippen LogP contribution in [0.4, 0.5) is 0 Å². The maximum atomic E-state index is 13.0. The first kappa shape index (κ1) is 16.7.